The summed E-state index contributed by atoms with van der Waals surface area (Å²) < 4.78 is 1.68. The van der Waals surface area contributed by atoms with E-state index in [9.17, 15) is 4.79 Å². The Bertz CT molecular complexity index is 598. The monoisotopic (exact) mass is 277 g/mol. The Hall–Kier alpha value is -0.930. The molecule has 100 valence electrons. The molecule has 5 N–H and O–H groups in total. The smallest absolute Gasteiger partial charge is 1.00 e. The molecule has 0 radical (unpaired) electrons. The predicted molar refractivity (Wildman–Crippen MR) is 66.0 cm³/mol. The number of nitrogen functional groups attached to an aromatic ring is 1. The fourth-order valence-corrected chi connectivity index (χ4v) is 1.70. The normalized spacial score (nSPS) is 10.9. The summed E-state index contributed by atoms with van der Waals surface area (Å²) in [5, 5.41) is 18.0. The van der Waals surface area contributed by atoms with Crippen LogP contribution in [0.5, 0.6) is 0 Å². The molecule has 0 bridgehead atoms. The van der Waals surface area contributed by atoms with Gasteiger partial charge in [0.05, 0.1) is 6.33 Å². The molecule has 19 heavy (non-hydrogen) atoms. The molecule has 0 aliphatic rings. The molecule has 0 aliphatic heterocycles. The molecule has 0 fully saturated rings. The van der Waals surface area contributed by atoms with Crippen LogP contribution in [0.2, 0.25) is 0 Å². The summed E-state index contributed by atoms with van der Waals surface area (Å²) in [6, 6.07) is 0. The number of imidazole rings is 1. The average Bonchev–Trinajstić information content (AvgIpc) is 2.74. The third-order valence-corrected chi connectivity index (χ3v) is 2.79. The van der Waals surface area contributed by atoms with E-state index in [-0.39, 0.29) is 67.1 Å². The maximum atomic E-state index is 11.5. The van der Waals surface area contributed by atoms with Gasteiger partial charge in [-0.15, -0.1) is 0 Å². The molecule has 2 aromatic heterocycles. The van der Waals surface area contributed by atoms with Crippen LogP contribution in [0.25, 0.3) is 11.2 Å². The minimum Gasteiger partial charge on any atom is -1.00 e. The summed E-state index contributed by atoms with van der Waals surface area (Å²) in [7, 11) is 0. The van der Waals surface area contributed by atoms with Crippen molar-refractivity contribution >= 4 is 17.1 Å². The van der Waals surface area contributed by atoms with Crippen molar-refractivity contribution in [2.24, 2.45) is 5.92 Å². The standard InChI is InChI=1S/C10H15N5O3.Na.H/c11-10-13-8-7(9(18)14-10)12-5-15(8)2-1-6(3-16)4-17;;/h5-6,16-17H,1-4H2,(H3,11,13,14,18);;/q;+1;-1. The zero-order valence-corrected chi connectivity index (χ0v) is 12.7. The number of nitrogens with one attached hydrogen (secondary N) is 1. The maximum absolute atomic E-state index is 11.5. The molecular weight excluding hydrogens is 261 g/mol. The molecular formula is C10H16N5NaO3. The van der Waals surface area contributed by atoms with Gasteiger partial charge in [-0.2, -0.15) is 4.98 Å². The van der Waals surface area contributed by atoms with E-state index in [0.29, 0.717) is 18.6 Å². The van der Waals surface area contributed by atoms with Crippen LogP contribution >= 0.6 is 0 Å². The van der Waals surface area contributed by atoms with Crippen LogP contribution in [0.1, 0.15) is 7.85 Å². The number of H-pyrrole nitrogens is 1. The molecule has 0 aromatic carbocycles. The Kier molecular flexibility index (Phi) is 5.95. The molecule has 0 saturated heterocycles. The molecule has 8 nitrogen and oxygen atoms in total. The van der Waals surface area contributed by atoms with Gasteiger partial charge in [0.15, 0.2) is 11.2 Å². The van der Waals surface area contributed by atoms with Gasteiger partial charge in [-0.25, -0.2) is 4.98 Å². The molecule has 0 aliphatic carbocycles. The molecule has 2 aromatic rings. The molecule has 0 unspecified atom stereocenters. The van der Waals surface area contributed by atoms with Crippen LogP contribution in [-0.2, 0) is 6.54 Å². The minimum absolute atomic E-state index is 0. The third kappa shape index (κ3) is 3.54. The Morgan fingerprint density at radius 1 is 1.47 bits per heavy atom. The number of rotatable bonds is 5. The summed E-state index contributed by atoms with van der Waals surface area (Å²) in [5.74, 6) is -0.156. The number of aliphatic hydroxyl groups is 2. The van der Waals surface area contributed by atoms with Crippen molar-refractivity contribution < 1.29 is 41.2 Å². The SMILES string of the molecule is Nc1nc2c(ncn2CCC(CO)CO)c(=O)[nH]1.[H-].[Na+]. The number of aryl methyl sites for hydroxylation is 1. The molecule has 0 saturated carbocycles. The predicted octanol–water partition coefficient (Wildman–Crippen LogP) is -4.19. The van der Waals surface area contributed by atoms with Crippen molar-refractivity contribution in [1.29, 1.82) is 0 Å². The number of nitrogens with two attached hydrogens (primary N) is 1. The van der Waals surface area contributed by atoms with E-state index in [2.05, 4.69) is 15.0 Å². The first-order valence-corrected chi connectivity index (χ1v) is 5.58. The number of hydrogen-bond donors (Lipinski definition) is 4. The van der Waals surface area contributed by atoms with Gasteiger partial charge < -0.3 is 21.9 Å². The number of aromatic nitrogens is 4. The maximum Gasteiger partial charge on any atom is 1.00 e. The zero-order valence-electron chi connectivity index (χ0n) is 11.7. The van der Waals surface area contributed by atoms with Gasteiger partial charge in [0, 0.05) is 25.7 Å². The Morgan fingerprint density at radius 2 is 2.16 bits per heavy atom. The van der Waals surface area contributed by atoms with Crippen molar-refractivity contribution in [2.45, 2.75) is 13.0 Å². The molecule has 0 amide bonds. The van der Waals surface area contributed by atoms with E-state index in [1.807, 2.05) is 0 Å². The number of hydrogen-bond acceptors (Lipinski definition) is 6. The second-order valence-electron chi connectivity index (χ2n) is 4.08. The zero-order chi connectivity index (χ0) is 13.1. The molecule has 2 heterocycles. The topological polar surface area (TPSA) is 130 Å². The van der Waals surface area contributed by atoms with Gasteiger partial charge in [0.25, 0.3) is 5.56 Å². The molecule has 2 rings (SSSR count). The molecule has 0 atom stereocenters. The van der Waals surface area contributed by atoms with Crippen molar-refractivity contribution in [2.75, 3.05) is 18.9 Å². The van der Waals surface area contributed by atoms with Crippen LogP contribution in [0.15, 0.2) is 11.1 Å². The average molecular weight is 277 g/mol. The summed E-state index contributed by atoms with van der Waals surface area (Å²) in [5.41, 5.74) is 5.73. The van der Waals surface area contributed by atoms with Crippen molar-refractivity contribution in [3.8, 4) is 0 Å². The number of fused-ring (bicyclic) bond motifs is 1. The number of aromatic amines is 1. The van der Waals surface area contributed by atoms with Crippen LogP contribution < -0.4 is 40.9 Å². The van der Waals surface area contributed by atoms with E-state index in [1.54, 1.807) is 4.57 Å². The second kappa shape index (κ2) is 7.01. The van der Waals surface area contributed by atoms with Gasteiger partial charge in [-0.05, 0) is 6.42 Å². The summed E-state index contributed by atoms with van der Waals surface area (Å²) in [4.78, 5) is 21.9. The number of aliphatic hydroxyl groups excluding tert-OH is 2. The molecule has 9 heteroatoms. The summed E-state index contributed by atoms with van der Waals surface area (Å²) >= 11 is 0. The van der Waals surface area contributed by atoms with E-state index in [1.165, 1.54) is 6.33 Å². The van der Waals surface area contributed by atoms with Crippen LogP contribution in [0.4, 0.5) is 5.95 Å². The summed E-state index contributed by atoms with van der Waals surface area (Å²) in [6.07, 6.45) is 2.06. The largest absolute Gasteiger partial charge is 1.00 e. The van der Waals surface area contributed by atoms with E-state index >= 15 is 0 Å². The quantitative estimate of drug-likeness (QED) is 0.410. The summed E-state index contributed by atoms with van der Waals surface area (Å²) in [6.45, 7) is 0.330. The second-order valence-corrected chi connectivity index (χ2v) is 4.08. The Morgan fingerprint density at radius 3 is 2.79 bits per heavy atom. The van der Waals surface area contributed by atoms with Crippen LogP contribution in [0, 0.1) is 5.92 Å². The van der Waals surface area contributed by atoms with Crippen LogP contribution in [0.3, 0.4) is 0 Å². The van der Waals surface area contributed by atoms with Gasteiger partial charge in [0.2, 0.25) is 5.95 Å². The Labute approximate surface area is 132 Å². The number of anilines is 1. The first kappa shape index (κ1) is 16.1. The van der Waals surface area contributed by atoms with Gasteiger partial charge >= 0.3 is 29.6 Å². The Balaban J connectivity index is 0.00000180. The fourth-order valence-electron chi connectivity index (χ4n) is 1.70. The van der Waals surface area contributed by atoms with E-state index in [4.69, 9.17) is 15.9 Å². The van der Waals surface area contributed by atoms with E-state index < -0.39 is 0 Å². The van der Waals surface area contributed by atoms with Crippen molar-refractivity contribution in [1.82, 2.24) is 19.5 Å². The number of nitrogens with zero attached hydrogens (tertiary/aromatic N) is 3. The van der Waals surface area contributed by atoms with Gasteiger partial charge in [0.1, 0.15) is 0 Å². The fraction of sp³-hybridized carbons (Fsp3) is 0.500. The van der Waals surface area contributed by atoms with Crippen molar-refractivity contribution in [3.05, 3.63) is 16.7 Å². The first-order chi connectivity index (χ1) is 8.65. The van der Waals surface area contributed by atoms with Gasteiger partial charge in [-0.3, -0.25) is 9.78 Å². The van der Waals surface area contributed by atoms with E-state index in [0.717, 1.165) is 0 Å². The van der Waals surface area contributed by atoms with Gasteiger partial charge in [-0.1, -0.05) is 0 Å². The minimum atomic E-state index is -0.378. The van der Waals surface area contributed by atoms with Crippen LogP contribution in [-0.4, -0.2) is 42.9 Å². The third-order valence-electron chi connectivity index (χ3n) is 2.79. The first-order valence-electron chi connectivity index (χ1n) is 5.58. The van der Waals surface area contributed by atoms with Crippen molar-refractivity contribution in [3.63, 3.8) is 0 Å². The molecule has 0 spiro atoms.